The molecule has 1 N–H and O–H groups in total. The fourth-order valence-corrected chi connectivity index (χ4v) is 3.13. The molecule has 2 rings (SSSR count). The summed E-state index contributed by atoms with van der Waals surface area (Å²) in [5.74, 6) is 0.0502. The minimum atomic E-state index is -0.155. The summed E-state index contributed by atoms with van der Waals surface area (Å²) < 4.78 is 5.56. The van der Waals surface area contributed by atoms with E-state index in [0.29, 0.717) is 19.4 Å². The third kappa shape index (κ3) is 5.83. The number of carbonyl (C=O) groups excluding carboxylic acids is 2. The summed E-state index contributed by atoms with van der Waals surface area (Å²) in [4.78, 5) is 26.7. The number of hydrogen-bond donors (Lipinski definition) is 1. The van der Waals surface area contributed by atoms with Crippen molar-refractivity contribution in [3.8, 4) is 0 Å². The van der Waals surface area contributed by atoms with Gasteiger partial charge in [0.05, 0.1) is 19.6 Å². The molecule has 0 radical (unpaired) electrons. The van der Waals surface area contributed by atoms with E-state index in [4.69, 9.17) is 4.74 Å². The van der Waals surface area contributed by atoms with Gasteiger partial charge >= 0.3 is 5.97 Å². The smallest absolute Gasteiger partial charge is 0.306 e. The number of carbonyl (C=O) groups is 2. The number of quaternary nitrogens is 1. The third-order valence-electron chi connectivity index (χ3n) is 4.26. The molecule has 6 heteroatoms. The van der Waals surface area contributed by atoms with Gasteiger partial charge in [-0.25, -0.2) is 0 Å². The summed E-state index contributed by atoms with van der Waals surface area (Å²) in [6.07, 6.45) is 5.67. The van der Waals surface area contributed by atoms with Gasteiger partial charge < -0.3 is 26.9 Å². The van der Waals surface area contributed by atoms with E-state index in [1.54, 1.807) is 0 Å². The zero-order valence-corrected chi connectivity index (χ0v) is 13.7. The predicted molar refractivity (Wildman–Crippen MR) is 75.4 cm³/mol. The second-order valence-corrected chi connectivity index (χ2v) is 5.92. The minimum Gasteiger partial charge on any atom is -1.00 e. The third-order valence-corrected chi connectivity index (χ3v) is 4.26. The van der Waals surface area contributed by atoms with Crippen molar-refractivity contribution in [2.75, 3.05) is 32.7 Å². The van der Waals surface area contributed by atoms with Gasteiger partial charge in [0.25, 0.3) is 0 Å². The van der Waals surface area contributed by atoms with Gasteiger partial charge in [0.2, 0.25) is 5.91 Å². The van der Waals surface area contributed by atoms with Crippen LogP contribution in [0.1, 0.15) is 45.4 Å². The normalized spacial score (nSPS) is 21.0. The monoisotopic (exact) mass is 318 g/mol. The van der Waals surface area contributed by atoms with Gasteiger partial charge in [-0.05, 0) is 25.7 Å². The molecule has 0 aliphatic carbocycles. The zero-order chi connectivity index (χ0) is 14.4. The molecule has 5 nitrogen and oxygen atoms in total. The highest BCUT2D eigenvalue weighted by atomic mass is 35.5. The Bertz CT molecular complexity index is 346. The van der Waals surface area contributed by atoms with Crippen LogP contribution in [0.25, 0.3) is 0 Å². The van der Waals surface area contributed by atoms with Gasteiger partial charge in [-0.15, -0.1) is 0 Å². The molecule has 2 heterocycles. The van der Waals surface area contributed by atoms with Crippen molar-refractivity contribution >= 4 is 11.9 Å². The lowest BCUT2D eigenvalue weighted by Gasteiger charge is -2.29. The first-order chi connectivity index (χ1) is 9.69. The SMILES string of the molecule is CCC(=O)OC(CN1CCCC1=O)C[NH+]1CCCCC1.[Cl-]. The number of halogens is 1. The van der Waals surface area contributed by atoms with Gasteiger partial charge in [-0.2, -0.15) is 0 Å². The van der Waals surface area contributed by atoms with E-state index in [2.05, 4.69) is 0 Å². The molecular weight excluding hydrogens is 292 g/mol. The molecule has 0 aromatic rings. The number of nitrogens with zero attached hydrogens (tertiary/aromatic N) is 1. The minimum absolute atomic E-state index is 0. The van der Waals surface area contributed by atoms with Crippen LogP contribution in [0.4, 0.5) is 0 Å². The first kappa shape index (κ1) is 18.2. The van der Waals surface area contributed by atoms with Crippen LogP contribution in [0, 0.1) is 0 Å². The van der Waals surface area contributed by atoms with Crippen molar-refractivity contribution in [2.45, 2.75) is 51.6 Å². The first-order valence-electron chi connectivity index (χ1n) is 8.00. The van der Waals surface area contributed by atoms with Crippen LogP contribution in [0.3, 0.4) is 0 Å². The van der Waals surface area contributed by atoms with Crippen LogP contribution in [0.15, 0.2) is 0 Å². The fourth-order valence-electron chi connectivity index (χ4n) is 3.13. The Morgan fingerprint density at radius 1 is 1.29 bits per heavy atom. The summed E-state index contributed by atoms with van der Waals surface area (Å²) in [5, 5.41) is 0. The maximum absolute atomic E-state index is 11.7. The number of rotatable bonds is 6. The van der Waals surface area contributed by atoms with E-state index < -0.39 is 0 Å². The summed E-state index contributed by atoms with van der Waals surface area (Å²) in [7, 11) is 0. The number of piperidine rings is 1. The molecule has 0 spiro atoms. The molecule has 0 saturated carbocycles. The topological polar surface area (TPSA) is 51.0 Å². The number of esters is 1. The molecule has 0 aromatic heterocycles. The average Bonchev–Trinajstić information content (AvgIpc) is 2.85. The van der Waals surface area contributed by atoms with Crippen molar-refractivity contribution in [3.05, 3.63) is 0 Å². The molecule has 2 aliphatic rings. The molecule has 2 saturated heterocycles. The van der Waals surface area contributed by atoms with E-state index in [1.165, 1.54) is 24.2 Å². The lowest BCUT2D eigenvalue weighted by atomic mass is 10.1. The van der Waals surface area contributed by atoms with E-state index in [9.17, 15) is 9.59 Å². The highest BCUT2D eigenvalue weighted by molar-refractivity contribution is 5.78. The Labute approximate surface area is 133 Å². The Hall–Kier alpha value is -0.810. The quantitative estimate of drug-likeness (QED) is 0.531. The van der Waals surface area contributed by atoms with Gasteiger partial charge in [0, 0.05) is 19.4 Å². The summed E-state index contributed by atoms with van der Waals surface area (Å²) in [6, 6.07) is 0. The molecule has 1 amide bonds. The number of hydrogen-bond acceptors (Lipinski definition) is 3. The van der Waals surface area contributed by atoms with Crippen molar-refractivity contribution in [1.29, 1.82) is 0 Å². The lowest BCUT2D eigenvalue weighted by Crippen LogP contribution is -3.14. The van der Waals surface area contributed by atoms with Crippen LogP contribution in [-0.2, 0) is 14.3 Å². The Morgan fingerprint density at radius 2 is 2.00 bits per heavy atom. The second kappa shape index (κ2) is 9.26. The molecule has 0 aromatic carbocycles. The standard InChI is InChI=1S/C15H26N2O3.ClH/c1-2-15(19)20-13(11-16-8-4-3-5-9-16)12-17-10-6-7-14(17)18;/h13H,2-12H2,1H3;1H. The van der Waals surface area contributed by atoms with Crippen LogP contribution in [0.5, 0.6) is 0 Å². The number of likely N-dealkylation sites (tertiary alicyclic amines) is 2. The van der Waals surface area contributed by atoms with Gasteiger partial charge in [0.15, 0.2) is 6.10 Å². The molecular formula is C15H27ClN2O3. The Morgan fingerprint density at radius 3 is 2.57 bits per heavy atom. The van der Waals surface area contributed by atoms with E-state index in [1.807, 2.05) is 11.8 Å². The van der Waals surface area contributed by atoms with E-state index >= 15 is 0 Å². The predicted octanol–water partition coefficient (Wildman–Crippen LogP) is -3.00. The van der Waals surface area contributed by atoms with Crippen LogP contribution >= 0.6 is 0 Å². The average molecular weight is 319 g/mol. The highest BCUT2D eigenvalue weighted by Gasteiger charge is 2.28. The highest BCUT2D eigenvalue weighted by Crippen LogP contribution is 2.11. The molecule has 21 heavy (non-hydrogen) atoms. The number of amides is 1. The van der Waals surface area contributed by atoms with Crippen molar-refractivity contribution in [1.82, 2.24) is 4.90 Å². The van der Waals surface area contributed by atoms with Crippen molar-refractivity contribution in [3.63, 3.8) is 0 Å². The second-order valence-electron chi connectivity index (χ2n) is 5.92. The van der Waals surface area contributed by atoms with Crippen molar-refractivity contribution in [2.24, 2.45) is 0 Å². The van der Waals surface area contributed by atoms with Crippen LogP contribution in [-0.4, -0.2) is 55.6 Å². The van der Waals surface area contributed by atoms with Crippen LogP contribution < -0.4 is 17.3 Å². The van der Waals surface area contributed by atoms with Gasteiger partial charge in [-0.1, -0.05) is 6.92 Å². The maximum atomic E-state index is 11.7. The molecule has 1 atom stereocenters. The molecule has 1 unspecified atom stereocenters. The lowest BCUT2D eigenvalue weighted by molar-refractivity contribution is -0.907. The van der Waals surface area contributed by atoms with Gasteiger partial charge in [-0.3, -0.25) is 9.59 Å². The molecule has 2 aliphatic heterocycles. The molecule has 0 bridgehead atoms. The Kier molecular flexibility index (Phi) is 8.04. The first-order valence-corrected chi connectivity index (χ1v) is 8.00. The van der Waals surface area contributed by atoms with E-state index in [-0.39, 0.29) is 30.4 Å². The number of ether oxygens (including phenoxy) is 1. The molecule has 2 fully saturated rings. The summed E-state index contributed by atoms with van der Waals surface area (Å²) >= 11 is 0. The largest absolute Gasteiger partial charge is 1.00 e. The van der Waals surface area contributed by atoms with Crippen LogP contribution in [0.2, 0.25) is 0 Å². The fraction of sp³-hybridized carbons (Fsp3) is 0.867. The summed E-state index contributed by atoms with van der Waals surface area (Å²) in [6.45, 7) is 6.37. The number of nitrogens with one attached hydrogen (secondary N) is 1. The summed E-state index contributed by atoms with van der Waals surface area (Å²) in [5.41, 5.74) is 0. The zero-order valence-electron chi connectivity index (χ0n) is 12.9. The maximum Gasteiger partial charge on any atom is 0.306 e. The van der Waals surface area contributed by atoms with Crippen molar-refractivity contribution < 1.29 is 31.6 Å². The van der Waals surface area contributed by atoms with E-state index in [0.717, 1.165) is 32.6 Å². The Balaban J connectivity index is 0.00000220. The van der Waals surface area contributed by atoms with Gasteiger partial charge in [0.1, 0.15) is 6.54 Å². The molecule has 122 valence electrons.